The van der Waals surface area contributed by atoms with Crippen LogP contribution in [-0.4, -0.2) is 10.2 Å². The molecule has 2 aromatic heterocycles. The van der Waals surface area contributed by atoms with Gasteiger partial charge in [0.05, 0.1) is 12.0 Å². The molecule has 0 amide bonds. The van der Waals surface area contributed by atoms with Gasteiger partial charge in [-0.05, 0) is 12.5 Å². The summed E-state index contributed by atoms with van der Waals surface area (Å²) >= 11 is 0. The molecule has 0 aromatic carbocycles. The van der Waals surface area contributed by atoms with Crippen LogP contribution in [0.15, 0.2) is 16.7 Å². The van der Waals surface area contributed by atoms with Crippen molar-refractivity contribution in [3.05, 3.63) is 23.7 Å². The summed E-state index contributed by atoms with van der Waals surface area (Å²) < 4.78 is 5.39. The maximum Gasteiger partial charge on any atom is 0.149 e. The Morgan fingerprint density at radius 1 is 1.40 bits per heavy atom. The van der Waals surface area contributed by atoms with E-state index in [9.17, 15) is 0 Å². The van der Waals surface area contributed by atoms with Crippen LogP contribution >= 0.6 is 0 Å². The summed E-state index contributed by atoms with van der Waals surface area (Å²) in [7, 11) is 0. The second-order valence-corrected chi connectivity index (χ2v) is 3.43. The molecule has 0 bridgehead atoms. The smallest absolute Gasteiger partial charge is 0.149 e. The molecule has 0 atom stereocenters. The van der Waals surface area contributed by atoms with Crippen molar-refractivity contribution in [3.8, 4) is 11.3 Å². The monoisotopic (exact) mass is 205 g/mol. The van der Waals surface area contributed by atoms with Gasteiger partial charge < -0.3 is 10.2 Å². The van der Waals surface area contributed by atoms with Crippen molar-refractivity contribution in [1.29, 1.82) is 0 Å². The average molecular weight is 205 g/mol. The molecule has 0 saturated carbocycles. The highest BCUT2D eigenvalue weighted by Crippen LogP contribution is 2.29. The van der Waals surface area contributed by atoms with Crippen LogP contribution in [-0.2, 0) is 12.8 Å². The molecule has 15 heavy (non-hydrogen) atoms. The molecule has 2 heterocycles. The molecule has 2 aromatic rings. The molecule has 4 heteroatoms. The maximum absolute atomic E-state index is 5.78. The van der Waals surface area contributed by atoms with Gasteiger partial charge in [0.25, 0.3) is 0 Å². The van der Waals surface area contributed by atoms with Crippen LogP contribution in [0.2, 0.25) is 0 Å². The molecule has 0 aliphatic heterocycles. The Labute approximate surface area is 88.5 Å². The van der Waals surface area contributed by atoms with Crippen molar-refractivity contribution in [2.45, 2.75) is 26.7 Å². The molecular weight excluding hydrogens is 190 g/mol. The fraction of sp³-hybridized carbons (Fsp3) is 0.364. The number of nitrogens with zero attached hydrogens (tertiary/aromatic N) is 1. The highest BCUT2D eigenvalue weighted by molar-refractivity contribution is 5.69. The number of H-pyrrole nitrogens is 1. The van der Waals surface area contributed by atoms with E-state index in [-0.39, 0.29) is 0 Å². The number of nitrogen functional groups attached to an aromatic ring is 1. The van der Waals surface area contributed by atoms with E-state index >= 15 is 0 Å². The lowest BCUT2D eigenvalue weighted by molar-refractivity contribution is 0.517. The summed E-state index contributed by atoms with van der Waals surface area (Å²) in [5.41, 5.74) is 8.89. The van der Waals surface area contributed by atoms with Gasteiger partial charge >= 0.3 is 0 Å². The lowest BCUT2D eigenvalue weighted by Gasteiger charge is -2.00. The Balaban J connectivity index is 2.53. The Hall–Kier alpha value is -1.71. The number of hydrogen-bond donors (Lipinski definition) is 2. The minimum atomic E-state index is 0.579. The average Bonchev–Trinajstić information content (AvgIpc) is 2.82. The quantitative estimate of drug-likeness (QED) is 0.808. The zero-order valence-corrected chi connectivity index (χ0v) is 9.00. The maximum atomic E-state index is 5.78. The van der Waals surface area contributed by atoms with E-state index in [1.807, 2.05) is 6.07 Å². The van der Waals surface area contributed by atoms with Crippen LogP contribution in [0.25, 0.3) is 11.3 Å². The summed E-state index contributed by atoms with van der Waals surface area (Å²) in [6.07, 6.45) is 3.43. The predicted octanol–water partition coefficient (Wildman–Crippen LogP) is 2.38. The number of aromatic amines is 1. The largest absolute Gasteiger partial charge is 0.469 e. The molecule has 2 rings (SSSR count). The molecule has 0 saturated heterocycles. The van der Waals surface area contributed by atoms with Crippen molar-refractivity contribution in [3.63, 3.8) is 0 Å². The van der Waals surface area contributed by atoms with E-state index in [1.54, 1.807) is 6.26 Å². The van der Waals surface area contributed by atoms with Gasteiger partial charge in [0.1, 0.15) is 11.6 Å². The highest BCUT2D eigenvalue weighted by Gasteiger charge is 2.15. The molecule has 0 aliphatic carbocycles. The Morgan fingerprint density at radius 2 is 2.20 bits per heavy atom. The van der Waals surface area contributed by atoms with E-state index in [0.717, 1.165) is 35.4 Å². The summed E-state index contributed by atoms with van der Waals surface area (Å²) in [6.45, 7) is 4.13. The van der Waals surface area contributed by atoms with Gasteiger partial charge in [0, 0.05) is 17.5 Å². The zero-order valence-electron chi connectivity index (χ0n) is 9.00. The summed E-state index contributed by atoms with van der Waals surface area (Å²) in [5.74, 6) is 1.55. The van der Waals surface area contributed by atoms with Crippen molar-refractivity contribution in [2.75, 3.05) is 5.73 Å². The molecule has 0 unspecified atom stereocenters. The Kier molecular flexibility index (Phi) is 2.49. The van der Waals surface area contributed by atoms with E-state index < -0.39 is 0 Å². The van der Waals surface area contributed by atoms with Crippen LogP contribution in [0.4, 0.5) is 5.82 Å². The van der Waals surface area contributed by atoms with Crippen LogP contribution in [0.3, 0.4) is 0 Å². The van der Waals surface area contributed by atoms with Crippen LogP contribution in [0, 0.1) is 0 Å². The third-order valence-corrected chi connectivity index (χ3v) is 2.59. The number of rotatable bonds is 3. The van der Waals surface area contributed by atoms with Crippen molar-refractivity contribution < 1.29 is 4.42 Å². The van der Waals surface area contributed by atoms with Crippen LogP contribution in [0.5, 0.6) is 0 Å². The summed E-state index contributed by atoms with van der Waals surface area (Å²) in [4.78, 5) is 0. The Bertz CT molecular complexity index is 456. The van der Waals surface area contributed by atoms with Gasteiger partial charge in [-0.1, -0.05) is 13.8 Å². The number of anilines is 1. The van der Waals surface area contributed by atoms with Gasteiger partial charge in [0.2, 0.25) is 0 Å². The number of nitrogens with two attached hydrogens (primary N) is 1. The number of nitrogens with one attached hydrogen (secondary N) is 1. The van der Waals surface area contributed by atoms with Gasteiger partial charge in [-0.3, -0.25) is 5.10 Å². The first-order valence-electron chi connectivity index (χ1n) is 5.17. The first-order valence-corrected chi connectivity index (χ1v) is 5.17. The molecule has 0 aliphatic rings. The molecular formula is C11H15N3O. The lowest BCUT2D eigenvalue weighted by Crippen LogP contribution is -1.91. The molecule has 3 N–H and O–H groups in total. The Morgan fingerprint density at radius 3 is 2.87 bits per heavy atom. The first kappa shape index (κ1) is 9.83. The summed E-state index contributed by atoms with van der Waals surface area (Å²) in [5, 5.41) is 7.00. The fourth-order valence-corrected chi connectivity index (χ4v) is 1.80. The van der Waals surface area contributed by atoms with Gasteiger partial charge in [-0.15, -0.1) is 0 Å². The predicted molar refractivity (Wildman–Crippen MR) is 59.5 cm³/mol. The minimum absolute atomic E-state index is 0.579. The van der Waals surface area contributed by atoms with Crippen LogP contribution < -0.4 is 5.73 Å². The zero-order chi connectivity index (χ0) is 10.8. The van der Waals surface area contributed by atoms with Crippen LogP contribution in [0.1, 0.15) is 25.2 Å². The molecule has 0 radical (unpaired) electrons. The standard InChI is InChI=1S/C11H15N3O/c1-3-7-10(13-14-11(7)12)8-5-6-15-9(8)4-2/h5-6H,3-4H2,1-2H3,(H3,12,13,14). The third kappa shape index (κ3) is 1.52. The second-order valence-electron chi connectivity index (χ2n) is 3.43. The molecule has 0 fully saturated rings. The van der Waals surface area contributed by atoms with E-state index in [4.69, 9.17) is 10.2 Å². The molecule has 4 nitrogen and oxygen atoms in total. The van der Waals surface area contributed by atoms with E-state index in [2.05, 4.69) is 24.0 Å². The van der Waals surface area contributed by atoms with Gasteiger partial charge in [-0.2, -0.15) is 5.10 Å². The number of aryl methyl sites for hydroxylation is 1. The van der Waals surface area contributed by atoms with Crippen molar-refractivity contribution in [2.24, 2.45) is 0 Å². The fourth-order valence-electron chi connectivity index (χ4n) is 1.80. The summed E-state index contributed by atoms with van der Waals surface area (Å²) in [6, 6.07) is 1.95. The second kappa shape index (κ2) is 3.81. The normalized spacial score (nSPS) is 10.8. The van der Waals surface area contributed by atoms with Gasteiger partial charge in [0.15, 0.2) is 0 Å². The third-order valence-electron chi connectivity index (χ3n) is 2.59. The molecule has 80 valence electrons. The number of furan rings is 1. The topological polar surface area (TPSA) is 67.8 Å². The van der Waals surface area contributed by atoms with Crippen molar-refractivity contribution in [1.82, 2.24) is 10.2 Å². The lowest BCUT2D eigenvalue weighted by atomic mass is 10.1. The highest BCUT2D eigenvalue weighted by atomic mass is 16.3. The molecule has 0 spiro atoms. The first-order chi connectivity index (χ1) is 7.27. The number of hydrogen-bond acceptors (Lipinski definition) is 3. The minimum Gasteiger partial charge on any atom is -0.469 e. The van der Waals surface area contributed by atoms with Crippen molar-refractivity contribution >= 4 is 5.82 Å². The van der Waals surface area contributed by atoms with E-state index in [1.165, 1.54) is 0 Å². The number of aromatic nitrogens is 2. The SMILES string of the molecule is CCc1occc1-c1[nH]nc(N)c1CC. The van der Waals surface area contributed by atoms with Gasteiger partial charge in [-0.25, -0.2) is 0 Å². The van der Waals surface area contributed by atoms with E-state index in [0.29, 0.717) is 5.82 Å².